The minimum Gasteiger partial charge on any atom is -0.506 e. The lowest BCUT2D eigenvalue weighted by Crippen LogP contribution is -2.19. The normalized spacial score (nSPS) is 9.63. The lowest BCUT2D eigenvalue weighted by molar-refractivity contribution is -0.159. The van der Waals surface area contributed by atoms with Crippen LogP contribution in [0, 0.1) is 0 Å². The zero-order valence-electron chi connectivity index (χ0n) is 18.2. The molecule has 1 aromatic heterocycles. The van der Waals surface area contributed by atoms with E-state index in [9.17, 15) is 9.90 Å². The summed E-state index contributed by atoms with van der Waals surface area (Å²) in [6, 6.07) is 3.45. The lowest BCUT2D eigenvalue weighted by Gasteiger charge is -2.16. The Bertz CT molecular complexity index is 612. The molecule has 1 amide bonds. The molecule has 1 heterocycles. The maximum Gasteiger partial charge on any atom is 0.414 e. The smallest absolute Gasteiger partial charge is 0.414 e. The van der Waals surface area contributed by atoms with Crippen molar-refractivity contribution < 1.29 is 34.8 Å². The van der Waals surface area contributed by atoms with E-state index >= 15 is 0 Å². The van der Waals surface area contributed by atoms with Gasteiger partial charge >= 0.3 is 18.0 Å². The molecule has 0 aliphatic heterocycles. The standard InChI is InChI=1S/C15H26N2O.C3H7NO2.C2H2O4/c1-3-4-5-6-7-8-12-17(2)13-14-15(18)10-9-11-16-14;1-4(2)3(5)6;3-1(4)2(5)6/h9-11,18H,3-8,12-13H2,1-2H3;1-2H3,(H,5,6);(H,3,4)(H,5,6). The van der Waals surface area contributed by atoms with E-state index < -0.39 is 18.0 Å². The van der Waals surface area contributed by atoms with Crippen LogP contribution < -0.4 is 0 Å². The zero-order chi connectivity index (χ0) is 23.5. The van der Waals surface area contributed by atoms with Crippen molar-refractivity contribution in [2.75, 3.05) is 27.7 Å². The van der Waals surface area contributed by atoms with Gasteiger partial charge in [-0.1, -0.05) is 39.0 Å². The van der Waals surface area contributed by atoms with E-state index in [1.165, 1.54) is 52.6 Å². The summed E-state index contributed by atoms with van der Waals surface area (Å²) < 4.78 is 0. The molecule has 1 rings (SSSR count). The number of aliphatic carboxylic acids is 2. The summed E-state index contributed by atoms with van der Waals surface area (Å²) in [5, 5.41) is 32.3. The molecule has 10 heteroatoms. The summed E-state index contributed by atoms with van der Waals surface area (Å²) in [5.41, 5.74) is 0.769. The summed E-state index contributed by atoms with van der Waals surface area (Å²) in [5.74, 6) is -3.35. The summed E-state index contributed by atoms with van der Waals surface area (Å²) in [6.07, 6.45) is 8.73. The van der Waals surface area contributed by atoms with Gasteiger partial charge in [-0.3, -0.25) is 4.98 Å². The Morgan fingerprint density at radius 3 is 1.87 bits per heavy atom. The fraction of sp³-hybridized carbons (Fsp3) is 0.600. The second-order valence-corrected chi connectivity index (χ2v) is 6.76. The highest BCUT2D eigenvalue weighted by Crippen LogP contribution is 2.14. The van der Waals surface area contributed by atoms with Crippen LogP contribution in [0.5, 0.6) is 5.75 Å². The van der Waals surface area contributed by atoms with Crippen molar-refractivity contribution in [3.05, 3.63) is 24.0 Å². The van der Waals surface area contributed by atoms with E-state index in [1.807, 2.05) is 0 Å². The number of hydrogen-bond donors (Lipinski definition) is 4. The molecule has 0 spiro atoms. The van der Waals surface area contributed by atoms with Gasteiger partial charge in [-0.05, 0) is 32.1 Å². The maximum absolute atomic E-state index is 9.64. The molecule has 0 aliphatic carbocycles. The minimum atomic E-state index is -1.82. The van der Waals surface area contributed by atoms with E-state index in [1.54, 1.807) is 18.3 Å². The zero-order valence-corrected chi connectivity index (χ0v) is 18.2. The van der Waals surface area contributed by atoms with Gasteiger partial charge in [0.05, 0.1) is 5.69 Å². The molecule has 0 bridgehead atoms. The number of aromatic nitrogens is 1. The third-order valence-corrected chi connectivity index (χ3v) is 3.74. The molecule has 0 radical (unpaired) electrons. The Hall–Kier alpha value is -2.88. The Morgan fingerprint density at radius 1 is 0.933 bits per heavy atom. The van der Waals surface area contributed by atoms with Crippen LogP contribution in [0.15, 0.2) is 18.3 Å². The predicted octanol–water partition coefficient (Wildman–Crippen LogP) is 2.96. The van der Waals surface area contributed by atoms with Gasteiger partial charge in [0.15, 0.2) is 0 Å². The highest BCUT2D eigenvalue weighted by atomic mass is 16.4. The Labute approximate surface area is 177 Å². The first-order chi connectivity index (χ1) is 14.0. The number of carboxylic acid groups (broad SMARTS) is 3. The van der Waals surface area contributed by atoms with Crippen molar-refractivity contribution in [1.82, 2.24) is 14.8 Å². The van der Waals surface area contributed by atoms with Gasteiger partial charge in [0.1, 0.15) is 5.75 Å². The van der Waals surface area contributed by atoms with E-state index in [0.29, 0.717) is 5.75 Å². The summed E-state index contributed by atoms with van der Waals surface area (Å²) in [4.78, 5) is 35.3. The van der Waals surface area contributed by atoms with Crippen molar-refractivity contribution in [2.45, 2.75) is 52.0 Å². The Kier molecular flexibility index (Phi) is 17.8. The van der Waals surface area contributed by atoms with Crippen molar-refractivity contribution in [3.63, 3.8) is 0 Å². The van der Waals surface area contributed by atoms with Crippen LogP contribution in [0.1, 0.15) is 51.1 Å². The van der Waals surface area contributed by atoms with Gasteiger partial charge in [-0.2, -0.15) is 0 Å². The Balaban J connectivity index is 0. The number of carboxylic acids is 2. The van der Waals surface area contributed by atoms with E-state index in [0.717, 1.165) is 23.7 Å². The highest BCUT2D eigenvalue weighted by Gasteiger charge is 2.05. The summed E-state index contributed by atoms with van der Waals surface area (Å²) >= 11 is 0. The fourth-order valence-corrected chi connectivity index (χ4v) is 2.05. The second-order valence-electron chi connectivity index (χ2n) is 6.76. The number of pyridine rings is 1. The van der Waals surface area contributed by atoms with E-state index in [4.69, 9.17) is 24.9 Å². The maximum atomic E-state index is 9.64. The molecule has 0 aromatic carbocycles. The monoisotopic (exact) mass is 429 g/mol. The largest absolute Gasteiger partial charge is 0.506 e. The van der Waals surface area contributed by atoms with Crippen LogP contribution >= 0.6 is 0 Å². The average molecular weight is 430 g/mol. The number of carbonyl (C=O) groups is 3. The molecule has 0 saturated carbocycles. The summed E-state index contributed by atoms with van der Waals surface area (Å²) in [7, 11) is 5.03. The molecule has 0 aliphatic rings. The molecule has 1 aromatic rings. The molecular weight excluding hydrogens is 394 g/mol. The first kappa shape index (κ1) is 29.3. The van der Waals surface area contributed by atoms with Crippen LogP contribution in [-0.2, 0) is 16.1 Å². The van der Waals surface area contributed by atoms with Crippen molar-refractivity contribution >= 4 is 18.0 Å². The third kappa shape index (κ3) is 18.5. The van der Waals surface area contributed by atoms with Crippen LogP contribution in [0.3, 0.4) is 0 Å². The average Bonchev–Trinajstić information content (AvgIpc) is 2.67. The molecule has 0 atom stereocenters. The van der Waals surface area contributed by atoms with Crippen LogP contribution in [-0.4, -0.2) is 80.9 Å². The number of nitrogens with zero attached hydrogens (tertiary/aromatic N) is 3. The molecule has 172 valence electrons. The third-order valence-electron chi connectivity index (χ3n) is 3.74. The van der Waals surface area contributed by atoms with E-state index in [2.05, 4.69) is 23.9 Å². The summed E-state index contributed by atoms with van der Waals surface area (Å²) in [6.45, 7) is 4.04. The van der Waals surface area contributed by atoms with Gasteiger partial charge in [0.2, 0.25) is 0 Å². The Morgan fingerprint density at radius 2 is 1.43 bits per heavy atom. The quantitative estimate of drug-likeness (QED) is 0.343. The highest BCUT2D eigenvalue weighted by molar-refractivity contribution is 6.27. The molecule has 10 nitrogen and oxygen atoms in total. The topological polar surface area (TPSA) is 152 Å². The van der Waals surface area contributed by atoms with Gasteiger partial charge in [0, 0.05) is 26.8 Å². The van der Waals surface area contributed by atoms with E-state index in [-0.39, 0.29) is 0 Å². The minimum absolute atomic E-state index is 0.298. The van der Waals surface area contributed by atoms with Crippen LogP contribution in [0.25, 0.3) is 0 Å². The van der Waals surface area contributed by atoms with Gasteiger partial charge in [-0.15, -0.1) is 0 Å². The number of unbranched alkanes of at least 4 members (excludes halogenated alkanes) is 5. The van der Waals surface area contributed by atoms with Crippen molar-refractivity contribution in [2.24, 2.45) is 0 Å². The van der Waals surface area contributed by atoms with Gasteiger partial charge in [0.25, 0.3) is 0 Å². The second kappa shape index (κ2) is 18.2. The lowest BCUT2D eigenvalue weighted by atomic mass is 10.1. The SMILES string of the molecule is CCCCCCCCN(C)Cc1ncccc1O.CN(C)C(=O)O.O=C(O)C(=O)O. The molecular formula is C20H35N3O7. The molecule has 4 N–H and O–H groups in total. The number of hydrogen-bond acceptors (Lipinski definition) is 6. The number of aromatic hydroxyl groups is 1. The molecule has 0 saturated heterocycles. The van der Waals surface area contributed by atoms with Gasteiger partial charge in [-0.25, -0.2) is 14.4 Å². The molecule has 0 unspecified atom stereocenters. The number of rotatable bonds is 9. The van der Waals surface area contributed by atoms with Crippen molar-refractivity contribution in [3.8, 4) is 5.75 Å². The van der Waals surface area contributed by atoms with Crippen molar-refractivity contribution in [1.29, 1.82) is 0 Å². The first-order valence-corrected chi connectivity index (χ1v) is 9.70. The first-order valence-electron chi connectivity index (χ1n) is 9.70. The molecule has 30 heavy (non-hydrogen) atoms. The fourth-order valence-electron chi connectivity index (χ4n) is 2.05. The predicted molar refractivity (Wildman–Crippen MR) is 113 cm³/mol. The van der Waals surface area contributed by atoms with Gasteiger partial charge < -0.3 is 30.2 Å². The molecule has 0 fully saturated rings. The number of amides is 1. The van der Waals surface area contributed by atoms with Crippen LogP contribution in [0.4, 0.5) is 4.79 Å². The van der Waals surface area contributed by atoms with Crippen LogP contribution in [0.2, 0.25) is 0 Å².